The third-order valence-electron chi connectivity index (χ3n) is 4.80. The van der Waals surface area contributed by atoms with Crippen molar-refractivity contribution < 1.29 is 14.3 Å². The molecule has 1 heterocycles. The smallest absolute Gasteiger partial charge is 0.272 e. The molecule has 33 heavy (non-hydrogen) atoms. The maximum absolute atomic E-state index is 13.0. The Balaban J connectivity index is 1.49. The van der Waals surface area contributed by atoms with E-state index in [1.165, 1.54) is 11.3 Å². The van der Waals surface area contributed by atoms with Gasteiger partial charge in [0.25, 0.3) is 11.8 Å². The van der Waals surface area contributed by atoms with E-state index in [0.29, 0.717) is 17.0 Å². The van der Waals surface area contributed by atoms with E-state index in [-0.39, 0.29) is 11.6 Å². The lowest BCUT2D eigenvalue weighted by atomic mass is 10.1. The van der Waals surface area contributed by atoms with Gasteiger partial charge in [-0.15, -0.1) is 11.3 Å². The summed E-state index contributed by atoms with van der Waals surface area (Å²) in [6.07, 6.45) is 1.67. The third kappa shape index (κ3) is 5.96. The quantitative estimate of drug-likeness (QED) is 0.324. The molecule has 0 fully saturated rings. The van der Waals surface area contributed by atoms with Crippen LogP contribution in [0.3, 0.4) is 0 Å². The van der Waals surface area contributed by atoms with Crippen molar-refractivity contribution in [3.8, 4) is 11.5 Å². The van der Waals surface area contributed by atoms with Crippen molar-refractivity contribution in [2.24, 2.45) is 0 Å². The molecule has 2 amide bonds. The fraction of sp³-hybridized carbons (Fsp3) is 0.0370. The van der Waals surface area contributed by atoms with Gasteiger partial charge in [0.15, 0.2) is 0 Å². The van der Waals surface area contributed by atoms with Crippen LogP contribution in [0.1, 0.15) is 20.8 Å². The van der Waals surface area contributed by atoms with E-state index in [1.807, 2.05) is 66.9 Å². The van der Waals surface area contributed by atoms with Gasteiger partial charge in [0.1, 0.15) is 17.2 Å². The van der Waals surface area contributed by atoms with Gasteiger partial charge in [0.2, 0.25) is 0 Å². The standard InChI is InChI=1S/C27H22N2O3S/c1-19-8-5-6-12-24(19)26(30)29-25(18-23-11-7-17-33-23)27(31)28-20-13-15-22(16-14-20)32-21-9-3-2-4-10-21/h2-18H,1H3,(H,28,31)(H,29,30)/b25-18-. The van der Waals surface area contributed by atoms with Crippen LogP contribution in [0.5, 0.6) is 11.5 Å². The fourth-order valence-electron chi connectivity index (χ4n) is 3.12. The van der Waals surface area contributed by atoms with E-state index in [2.05, 4.69) is 10.6 Å². The molecule has 2 N–H and O–H groups in total. The Hall–Kier alpha value is -4.16. The average molecular weight is 455 g/mol. The number of benzene rings is 3. The van der Waals surface area contributed by atoms with Gasteiger partial charge in [-0.2, -0.15) is 0 Å². The molecule has 6 heteroatoms. The molecule has 3 aromatic carbocycles. The Morgan fingerprint density at radius 1 is 0.818 bits per heavy atom. The number of nitrogens with one attached hydrogen (secondary N) is 2. The number of hydrogen-bond donors (Lipinski definition) is 2. The SMILES string of the molecule is Cc1ccccc1C(=O)N/C(=C\c1cccs1)C(=O)Nc1ccc(Oc2ccccc2)cc1. The van der Waals surface area contributed by atoms with Crippen LogP contribution in [0.4, 0.5) is 5.69 Å². The molecular weight excluding hydrogens is 432 g/mol. The molecule has 0 saturated heterocycles. The first-order chi connectivity index (χ1) is 16.1. The van der Waals surface area contributed by atoms with E-state index in [4.69, 9.17) is 4.74 Å². The molecule has 4 rings (SSSR count). The van der Waals surface area contributed by atoms with Crippen molar-refractivity contribution >= 4 is 34.9 Å². The number of rotatable bonds is 7. The number of ether oxygens (including phenoxy) is 1. The van der Waals surface area contributed by atoms with Crippen LogP contribution in [-0.4, -0.2) is 11.8 Å². The minimum atomic E-state index is -0.415. The van der Waals surface area contributed by atoms with Crippen LogP contribution in [-0.2, 0) is 4.79 Å². The van der Waals surface area contributed by atoms with Gasteiger partial charge in [-0.3, -0.25) is 9.59 Å². The van der Waals surface area contributed by atoms with Crippen LogP contribution < -0.4 is 15.4 Å². The first kappa shape index (κ1) is 22.0. The Morgan fingerprint density at radius 2 is 1.52 bits per heavy atom. The van der Waals surface area contributed by atoms with Crippen LogP contribution in [0.2, 0.25) is 0 Å². The molecule has 0 bridgehead atoms. The van der Waals surface area contributed by atoms with E-state index in [1.54, 1.807) is 42.5 Å². The third-order valence-corrected chi connectivity index (χ3v) is 5.62. The highest BCUT2D eigenvalue weighted by Crippen LogP contribution is 2.23. The fourth-order valence-corrected chi connectivity index (χ4v) is 3.78. The molecule has 0 aliphatic carbocycles. The van der Waals surface area contributed by atoms with E-state index in [9.17, 15) is 9.59 Å². The summed E-state index contributed by atoms with van der Waals surface area (Å²) in [5, 5.41) is 7.53. The number of carbonyl (C=O) groups is 2. The monoisotopic (exact) mass is 454 g/mol. The summed E-state index contributed by atoms with van der Waals surface area (Å²) in [4.78, 5) is 26.7. The Labute approximate surface area is 196 Å². The summed E-state index contributed by atoms with van der Waals surface area (Å²) in [6.45, 7) is 1.86. The molecule has 0 radical (unpaired) electrons. The number of anilines is 1. The first-order valence-electron chi connectivity index (χ1n) is 10.3. The normalized spacial score (nSPS) is 11.0. The van der Waals surface area contributed by atoms with Crippen molar-refractivity contribution in [3.05, 3.63) is 118 Å². The van der Waals surface area contributed by atoms with E-state index >= 15 is 0 Å². The number of amides is 2. The van der Waals surface area contributed by atoms with Crippen LogP contribution >= 0.6 is 11.3 Å². The van der Waals surface area contributed by atoms with Gasteiger partial charge < -0.3 is 15.4 Å². The molecule has 0 atom stereocenters. The number of thiophene rings is 1. The highest BCUT2D eigenvalue weighted by Gasteiger charge is 2.16. The highest BCUT2D eigenvalue weighted by atomic mass is 32.1. The van der Waals surface area contributed by atoms with Gasteiger partial charge >= 0.3 is 0 Å². The van der Waals surface area contributed by atoms with Crippen LogP contribution in [0.15, 0.2) is 102 Å². The second kappa shape index (κ2) is 10.4. The topological polar surface area (TPSA) is 67.4 Å². The molecule has 1 aromatic heterocycles. The second-order valence-electron chi connectivity index (χ2n) is 7.24. The number of carbonyl (C=O) groups excluding carboxylic acids is 2. The summed E-state index contributed by atoms with van der Waals surface area (Å²) in [5.41, 5.74) is 2.10. The Kier molecular flexibility index (Phi) is 6.97. The zero-order chi connectivity index (χ0) is 23.0. The van der Waals surface area contributed by atoms with Gasteiger partial charge in [-0.1, -0.05) is 42.5 Å². The van der Waals surface area contributed by atoms with Crippen molar-refractivity contribution in [1.82, 2.24) is 5.32 Å². The minimum absolute atomic E-state index is 0.162. The zero-order valence-electron chi connectivity index (χ0n) is 17.9. The van der Waals surface area contributed by atoms with E-state index in [0.717, 1.165) is 16.2 Å². The molecule has 0 unspecified atom stereocenters. The maximum Gasteiger partial charge on any atom is 0.272 e. The van der Waals surface area contributed by atoms with Crippen molar-refractivity contribution in [3.63, 3.8) is 0 Å². The summed E-state index contributed by atoms with van der Waals surface area (Å²) in [7, 11) is 0. The van der Waals surface area contributed by atoms with Crippen LogP contribution in [0.25, 0.3) is 6.08 Å². The molecule has 164 valence electrons. The van der Waals surface area contributed by atoms with Crippen molar-refractivity contribution in [2.45, 2.75) is 6.92 Å². The van der Waals surface area contributed by atoms with Crippen LogP contribution in [0, 0.1) is 6.92 Å². The predicted octanol–water partition coefficient (Wildman–Crippen LogP) is 6.26. The molecule has 0 aliphatic heterocycles. The average Bonchev–Trinajstić information content (AvgIpc) is 3.34. The molecule has 0 aliphatic rings. The molecule has 4 aromatic rings. The summed E-state index contributed by atoms with van der Waals surface area (Å²) < 4.78 is 5.79. The number of aryl methyl sites for hydroxylation is 1. The molecule has 0 spiro atoms. The summed E-state index contributed by atoms with van der Waals surface area (Å²) in [5.74, 6) is 0.635. The predicted molar refractivity (Wildman–Crippen MR) is 133 cm³/mol. The first-order valence-corrected chi connectivity index (χ1v) is 11.2. The van der Waals surface area contributed by atoms with E-state index < -0.39 is 5.91 Å². The summed E-state index contributed by atoms with van der Waals surface area (Å²) >= 11 is 1.48. The minimum Gasteiger partial charge on any atom is -0.457 e. The van der Waals surface area contributed by atoms with Gasteiger partial charge in [-0.05, 0) is 72.5 Å². The lowest BCUT2D eigenvalue weighted by Crippen LogP contribution is -2.31. The van der Waals surface area contributed by atoms with Gasteiger partial charge in [0.05, 0.1) is 0 Å². The molecule has 0 saturated carbocycles. The Morgan fingerprint density at radius 3 is 2.21 bits per heavy atom. The van der Waals surface area contributed by atoms with Gasteiger partial charge in [-0.25, -0.2) is 0 Å². The summed E-state index contributed by atoms with van der Waals surface area (Å²) in [6, 6.07) is 27.5. The maximum atomic E-state index is 13.0. The second-order valence-corrected chi connectivity index (χ2v) is 8.22. The largest absolute Gasteiger partial charge is 0.457 e. The Bertz CT molecular complexity index is 1260. The number of para-hydroxylation sites is 1. The number of hydrogen-bond acceptors (Lipinski definition) is 4. The highest BCUT2D eigenvalue weighted by molar-refractivity contribution is 7.10. The lowest BCUT2D eigenvalue weighted by molar-refractivity contribution is -0.113. The van der Waals surface area contributed by atoms with Gasteiger partial charge in [0, 0.05) is 16.1 Å². The molecular formula is C27H22N2O3S. The van der Waals surface area contributed by atoms with Crippen molar-refractivity contribution in [2.75, 3.05) is 5.32 Å². The molecule has 5 nitrogen and oxygen atoms in total. The zero-order valence-corrected chi connectivity index (χ0v) is 18.8. The lowest BCUT2D eigenvalue weighted by Gasteiger charge is -2.12. The van der Waals surface area contributed by atoms with Crippen molar-refractivity contribution in [1.29, 1.82) is 0 Å².